The number of carbonyl (C=O) groups excluding carboxylic acids is 2. The normalized spacial score (nSPS) is 17.6. The third kappa shape index (κ3) is 5.53. The summed E-state index contributed by atoms with van der Waals surface area (Å²) in [5, 5.41) is 11.8. The van der Waals surface area contributed by atoms with E-state index in [1.54, 1.807) is 31.4 Å². The highest BCUT2D eigenvalue weighted by Crippen LogP contribution is 2.31. The maximum Gasteiger partial charge on any atom is 0.286 e. The number of thioether (sulfide) groups is 1. The molecule has 0 saturated carbocycles. The SMILES string of the molecule is COc1ccc(NC(=O)c2nnc(CSCC(=O)N3CCC4(CC3)OCCO4)s2)cc1. The van der Waals surface area contributed by atoms with Crippen molar-refractivity contribution in [3.8, 4) is 5.75 Å². The average Bonchev–Trinajstić information content (AvgIpc) is 3.45. The standard InChI is InChI=1S/C20H24N4O5S2/c1-27-15-4-2-14(3-5-15)21-18(26)19-23-22-16(31-19)12-30-13-17(25)24-8-6-20(7-9-24)28-10-11-29-20/h2-5H,6-13H2,1H3,(H,21,26). The molecule has 2 amide bonds. The number of amides is 2. The van der Waals surface area contributed by atoms with Gasteiger partial charge in [-0.15, -0.1) is 22.0 Å². The molecule has 0 aliphatic carbocycles. The van der Waals surface area contributed by atoms with Gasteiger partial charge < -0.3 is 24.4 Å². The minimum Gasteiger partial charge on any atom is -0.497 e. The summed E-state index contributed by atoms with van der Waals surface area (Å²) in [4.78, 5) is 26.7. The lowest BCUT2D eigenvalue weighted by atomic mass is 10.0. The van der Waals surface area contributed by atoms with E-state index in [9.17, 15) is 9.59 Å². The number of nitrogens with one attached hydrogen (secondary N) is 1. The van der Waals surface area contributed by atoms with Gasteiger partial charge in [0.15, 0.2) is 5.79 Å². The topological polar surface area (TPSA) is 103 Å². The van der Waals surface area contributed by atoms with E-state index in [1.807, 2.05) is 4.90 Å². The smallest absolute Gasteiger partial charge is 0.286 e. The molecule has 2 aliphatic heterocycles. The third-order valence-electron chi connectivity index (χ3n) is 5.15. The summed E-state index contributed by atoms with van der Waals surface area (Å²) in [7, 11) is 1.59. The van der Waals surface area contributed by atoms with E-state index in [-0.39, 0.29) is 16.8 Å². The summed E-state index contributed by atoms with van der Waals surface area (Å²) in [5.41, 5.74) is 0.652. The zero-order chi connectivity index (χ0) is 21.7. The summed E-state index contributed by atoms with van der Waals surface area (Å²) in [6, 6.07) is 7.05. The summed E-state index contributed by atoms with van der Waals surface area (Å²) >= 11 is 2.70. The monoisotopic (exact) mass is 464 g/mol. The van der Waals surface area contributed by atoms with Crippen molar-refractivity contribution >= 4 is 40.6 Å². The number of ether oxygens (including phenoxy) is 3. The molecule has 1 aromatic heterocycles. The predicted octanol–water partition coefficient (Wildman–Crippen LogP) is 2.40. The number of carbonyl (C=O) groups is 2. The minimum atomic E-state index is -0.473. The van der Waals surface area contributed by atoms with E-state index >= 15 is 0 Å². The van der Waals surface area contributed by atoms with E-state index < -0.39 is 5.79 Å². The van der Waals surface area contributed by atoms with Gasteiger partial charge in [-0.25, -0.2) is 0 Å². The van der Waals surface area contributed by atoms with Gasteiger partial charge in [-0.3, -0.25) is 9.59 Å². The first kappa shape index (κ1) is 22.0. The molecule has 1 spiro atoms. The summed E-state index contributed by atoms with van der Waals surface area (Å²) in [6.45, 7) is 2.55. The van der Waals surface area contributed by atoms with Crippen LogP contribution in [-0.4, -0.2) is 71.9 Å². The highest BCUT2D eigenvalue weighted by Gasteiger charge is 2.40. The van der Waals surface area contributed by atoms with Gasteiger partial charge in [-0.1, -0.05) is 11.3 Å². The first-order valence-corrected chi connectivity index (χ1v) is 12.0. The molecule has 2 saturated heterocycles. The van der Waals surface area contributed by atoms with Gasteiger partial charge >= 0.3 is 0 Å². The van der Waals surface area contributed by atoms with Crippen LogP contribution in [0, 0.1) is 0 Å². The van der Waals surface area contributed by atoms with E-state index in [4.69, 9.17) is 14.2 Å². The van der Waals surface area contributed by atoms with Crippen LogP contribution in [0.2, 0.25) is 0 Å². The molecule has 0 radical (unpaired) electrons. The van der Waals surface area contributed by atoms with E-state index in [0.29, 0.717) is 67.1 Å². The highest BCUT2D eigenvalue weighted by molar-refractivity contribution is 7.99. The number of anilines is 1. The molecular formula is C20H24N4O5S2. The van der Waals surface area contributed by atoms with Gasteiger partial charge in [0.25, 0.3) is 5.91 Å². The van der Waals surface area contributed by atoms with Crippen molar-refractivity contribution in [1.29, 1.82) is 0 Å². The Balaban J connectivity index is 1.20. The molecule has 4 rings (SSSR count). The Labute approximate surface area is 188 Å². The Morgan fingerprint density at radius 2 is 1.90 bits per heavy atom. The van der Waals surface area contributed by atoms with Crippen molar-refractivity contribution in [2.24, 2.45) is 0 Å². The molecule has 1 aromatic carbocycles. The fourth-order valence-corrected chi connectivity index (χ4v) is 5.17. The van der Waals surface area contributed by atoms with E-state index in [2.05, 4.69) is 15.5 Å². The van der Waals surface area contributed by atoms with Crippen LogP contribution >= 0.6 is 23.1 Å². The second kappa shape index (κ2) is 9.94. The lowest BCUT2D eigenvalue weighted by Crippen LogP contribution is -2.47. The van der Waals surface area contributed by atoms with Crippen molar-refractivity contribution in [1.82, 2.24) is 15.1 Å². The molecule has 9 nitrogen and oxygen atoms in total. The fraction of sp³-hybridized carbons (Fsp3) is 0.500. The molecular weight excluding hydrogens is 440 g/mol. The fourth-order valence-electron chi connectivity index (χ4n) is 3.46. The Morgan fingerprint density at radius 3 is 2.58 bits per heavy atom. The minimum absolute atomic E-state index is 0.0971. The molecule has 2 fully saturated rings. The van der Waals surface area contributed by atoms with Crippen LogP contribution in [-0.2, 0) is 20.0 Å². The zero-order valence-corrected chi connectivity index (χ0v) is 18.8. The van der Waals surface area contributed by atoms with E-state index in [1.165, 1.54) is 23.1 Å². The molecule has 2 aliphatic rings. The van der Waals surface area contributed by atoms with Crippen LogP contribution in [0.5, 0.6) is 5.75 Å². The van der Waals surface area contributed by atoms with Crippen molar-refractivity contribution < 1.29 is 23.8 Å². The van der Waals surface area contributed by atoms with Gasteiger partial charge in [-0.2, -0.15) is 0 Å². The Hall–Kier alpha value is -2.21. The van der Waals surface area contributed by atoms with Gasteiger partial charge in [0.2, 0.25) is 10.9 Å². The molecule has 1 N–H and O–H groups in total. The number of likely N-dealkylation sites (tertiary alicyclic amines) is 1. The summed E-state index contributed by atoms with van der Waals surface area (Å²) in [5.74, 6) is 0.921. The average molecular weight is 465 g/mol. The van der Waals surface area contributed by atoms with Gasteiger partial charge in [-0.05, 0) is 24.3 Å². The largest absolute Gasteiger partial charge is 0.497 e. The number of rotatable bonds is 7. The molecule has 2 aromatic rings. The second-order valence-electron chi connectivity index (χ2n) is 7.16. The molecule has 11 heteroatoms. The van der Waals surface area contributed by atoms with Gasteiger partial charge in [0.1, 0.15) is 10.8 Å². The Bertz CT molecular complexity index is 905. The number of methoxy groups -OCH3 is 1. The van der Waals surface area contributed by atoms with Crippen LogP contribution in [0.4, 0.5) is 5.69 Å². The van der Waals surface area contributed by atoms with Gasteiger partial charge in [0.05, 0.1) is 26.1 Å². The maximum absolute atomic E-state index is 12.5. The molecule has 0 atom stereocenters. The van der Waals surface area contributed by atoms with Crippen LogP contribution in [0.3, 0.4) is 0 Å². The molecule has 0 unspecified atom stereocenters. The highest BCUT2D eigenvalue weighted by atomic mass is 32.2. The first-order chi connectivity index (χ1) is 15.1. The van der Waals surface area contributed by atoms with Crippen LogP contribution in [0.15, 0.2) is 24.3 Å². The maximum atomic E-state index is 12.5. The molecule has 0 bridgehead atoms. The third-order valence-corrected chi connectivity index (χ3v) is 7.18. The van der Waals surface area contributed by atoms with Crippen molar-refractivity contribution in [3.05, 3.63) is 34.3 Å². The summed E-state index contributed by atoms with van der Waals surface area (Å²) < 4.78 is 16.5. The van der Waals surface area contributed by atoms with Crippen molar-refractivity contribution in [3.63, 3.8) is 0 Å². The number of aromatic nitrogens is 2. The quantitative estimate of drug-likeness (QED) is 0.666. The van der Waals surface area contributed by atoms with Crippen molar-refractivity contribution in [2.75, 3.05) is 44.5 Å². The second-order valence-corrected chi connectivity index (χ2v) is 9.21. The number of hydrogen-bond acceptors (Lipinski definition) is 9. The van der Waals surface area contributed by atoms with Gasteiger partial charge in [0, 0.05) is 37.4 Å². The van der Waals surface area contributed by atoms with Crippen molar-refractivity contribution in [2.45, 2.75) is 24.4 Å². The number of piperidine rings is 1. The van der Waals surface area contributed by atoms with Crippen LogP contribution < -0.4 is 10.1 Å². The number of nitrogens with zero attached hydrogens (tertiary/aromatic N) is 3. The van der Waals surface area contributed by atoms with Crippen LogP contribution in [0.1, 0.15) is 27.7 Å². The molecule has 31 heavy (non-hydrogen) atoms. The van der Waals surface area contributed by atoms with Crippen LogP contribution in [0.25, 0.3) is 0 Å². The molecule has 3 heterocycles. The Kier molecular flexibility index (Phi) is 7.06. The number of benzene rings is 1. The molecule has 166 valence electrons. The lowest BCUT2D eigenvalue weighted by molar-refractivity contribution is -0.186. The Morgan fingerprint density at radius 1 is 1.19 bits per heavy atom. The first-order valence-electron chi connectivity index (χ1n) is 9.98. The summed E-state index contributed by atoms with van der Waals surface area (Å²) in [6.07, 6.45) is 1.43. The van der Waals surface area contributed by atoms with E-state index in [0.717, 1.165) is 0 Å². The lowest BCUT2D eigenvalue weighted by Gasteiger charge is -2.37. The zero-order valence-electron chi connectivity index (χ0n) is 17.2. The number of hydrogen-bond donors (Lipinski definition) is 1. The predicted molar refractivity (Wildman–Crippen MR) is 117 cm³/mol.